The van der Waals surface area contributed by atoms with Gasteiger partial charge in [0.1, 0.15) is 11.8 Å². The molecule has 30 heavy (non-hydrogen) atoms. The number of halogens is 2. The monoisotopic (exact) mass is 432 g/mol. The van der Waals surface area contributed by atoms with Crippen molar-refractivity contribution in [3.63, 3.8) is 0 Å². The average Bonchev–Trinajstić information content (AvgIpc) is 3.19. The Morgan fingerprint density at radius 3 is 2.03 bits per heavy atom. The summed E-state index contributed by atoms with van der Waals surface area (Å²) < 4.78 is 1.78. The number of carbonyl (C=O) groups is 1. The van der Waals surface area contributed by atoms with E-state index in [0.29, 0.717) is 33.1 Å². The number of hydrogen-bond donors (Lipinski definition) is 0. The summed E-state index contributed by atoms with van der Waals surface area (Å²) in [4.78, 5) is 18.2. The van der Waals surface area contributed by atoms with Crippen molar-refractivity contribution in [1.29, 1.82) is 0 Å². The number of benzene rings is 3. The lowest BCUT2D eigenvalue weighted by atomic mass is 9.94. The smallest absolute Gasteiger partial charge is 0.252 e. The highest BCUT2D eigenvalue weighted by atomic mass is 35.5. The second kappa shape index (κ2) is 7.52. The van der Waals surface area contributed by atoms with E-state index in [0.717, 1.165) is 11.1 Å². The molecule has 0 spiro atoms. The molecule has 1 aliphatic rings. The maximum atomic E-state index is 13.7. The molecule has 7 heteroatoms. The Bertz CT molecular complexity index is 1260. The van der Waals surface area contributed by atoms with Gasteiger partial charge in [0.15, 0.2) is 5.82 Å². The van der Waals surface area contributed by atoms with Crippen molar-refractivity contribution in [3.8, 4) is 11.4 Å². The highest BCUT2D eigenvalue weighted by Crippen LogP contribution is 2.36. The number of carbonyl (C=O) groups excluding carboxylic acids is 1. The van der Waals surface area contributed by atoms with Gasteiger partial charge in [-0.05, 0) is 29.8 Å². The number of nitrogens with zero attached hydrogens (tertiary/aromatic N) is 4. The van der Waals surface area contributed by atoms with Crippen LogP contribution in [0, 0.1) is 0 Å². The van der Waals surface area contributed by atoms with Crippen molar-refractivity contribution < 1.29 is 4.79 Å². The van der Waals surface area contributed by atoms with E-state index in [9.17, 15) is 4.79 Å². The van der Waals surface area contributed by atoms with Gasteiger partial charge in [0.25, 0.3) is 5.95 Å². The molecule has 0 amide bonds. The zero-order valence-electron chi connectivity index (χ0n) is 15.5. The maximum absolute atomic E-state index is 13.7. The second-order valence-corrected chi connectivity index (χ2v) is 7.72. The van der Waals surface area contributed by atoms with E-state index in [4.69, 9.17) is 23.2 Å². The molecule has 1 aromatic heterocycles. The molecule has 0 N–H and O–H groups in total. The minimum atomic E-state index is -0.661. The zero-order valence-corrected chi connectivity index (χ0v) is 17.0. The van der Waals surface area contributed by atoms with E-state index in [1.807, 2.05) is 42.5 Å². The predicted octanol–water partition coefficient (Wildman–Crippen LogP) is 5.54. The first-order valence-electron chi connectivity index (χ1n) is 9.26. The van der Waals surface area contributed by atoms with E-state index < -0.39 is 6.04 Å². The lowest BCUT2D eigenvalue weighted by Crippen LogP contribution is -2.32. The number of hydrogen-bond acceptors (Lipinski definition) is 4. The van der Waals surface area contributed by atoms with Crippen molar-refractivity contribution in [3.05, 3.63) is 100 Å². The largest absolute Gasteiger partial charge is 0.290 e. The predicted molar refractivity (Wildman–Crippen MR) is 118 cm³/mol. The standard InChI is InChI=1S/C23H14Cl2N4O/c24-17-10-6-14(7-11-17)19-21(30)20(15-8-12-18(25)13-9-15)29-22(27-28-23(29)26-19)16-4-2-1-3-5-16/h1-13,20H. The van der Waals surface area contributed by atoms with Gasteiger partial charge >= 0.3 is 0 Å². The van der Waals surface area contributed by atoms with Crippen LogP contribution >= 0.6 is 23.2 Å². The summed E-state index contributed by atoms with van der Waals surface area (Å²) in [7, 11) is 0. The minimum Gasteiger partial charge on any atom is -0.290 e. The quantitative estimate of drug-likeness (QED) is 0.426. The van der Waals surface area contributed by atoms with Crippen LogP contribution < -0.4 is 0 Å². The summed E-state index contributed by atoms with van der Waals surface area (Å²) in [6.07, 6.45) is 0. The Morgan fingerprint density at radius 1 is 0.733 bits per heavy atom. The van der Waals surface area contributed by atoms with E-state index in [1.54, 1.807) is 41.0 Å². The Kier molecular flexibility index (Phi) is 4.69. The lowest BCUT2D eigenvalue weighted by Gasteiger charge is -2.25. The van der Waals surface area contributed by atoms with Crippen LogP contribution in [0.25, 0.3) is 11.4 Å². The van der Waals surface area contributed by atoms with E-state index >= 15 is 0 Å². The molecule has 5 rings (SSSR count). The molecule has 1 aliphatic heterocycles. The van der Waals surface area contributed by atoms with Crippen molar-refractivity contribution in [2.45, 2.75) is 6.04 Å². The second-order valence-electron chi connectivity index (χ2n) is 6.85. The van der Waals surface area contributed by atoms with Gasteiger partial charge < -0.3 is 0 Å². The average molecular weight is 433 g/mol. The molecule has 0 aliphatic carbocycles. The number of Topliss-reactive ketones (excluding diaryl/α,β-unsaturated/α-hetero) is 1. The van der Waals surface area contributed by atoms with Crippen LogP contribution in [-0.2, 0) is 4.79 Å². The Balaban J connectivity index is 1.73. The molecule has 0 radical (unpaired) electrons. The van der Waals surface area contributed by atoms with Gasteiger partial charge in [0, 0.05) is 21.2 Å². The Labute approximate surface area is 182 Å². The first-order valence-corrected chi connectivity index (χ1v) is 10.0. The van der Waals surface area contributed by atoms with Crippen LogP contribution in [0.1, 0.15) is 17.2 Å². The third-order valence-corrected chi connectivity index (χ3v) is 5.47. The van der Waals surface area contributed by atoms with Gasteiger partial charge in [0.05, 0.1) is 0 Å². The summed E-state index contributed by atoms with van der Waals surface area (Å²) in [6, 6.07) is 23.2. The molecule has 5 nitrogen and oxygen atoms in total. The SMILES string of the molecule is O=C1C(c2ccc(Cl)cc2)=Nc2nnc(-c3ccccc3)n2C1c1ccc(Cl)cc1. The van der Waals surface area contributed by atoms with E-state index in [2.05, 4.69) is 15.2 Å². The lowest BCUT2D eigenvalue weighted by molar-refractivity contribution is -0.115. The molecular formula is C23H14Cl2N4O. The third-order valence-electron chi connectivity index (χ3n) is 4.96. The van der Waals surface area contributed by atoms with Gasteiger partial charge in [-0.15, -0.1) is 10.2 Å². The molecule has 3 aromatic carbocycles. The molecule has 1 atom stereocenters. The first-order chi connectivity index (χ1) is 14.6. The Morgan fingerprint density at radius 2 is 1.37 bits per heavy atom. The van der Waals surface area contributed by atoms with E-state index in [1.165, 1.54) is 0 Å². The molecule has 0 saturated heterocycles. The topological polar surface area (TPSA) is 60.1 Å². The first kappa shape index (κ1) is 18.7. The van der Waals surface area contributed by atoms with Crippen LogP contribution in [0.5, 0.6) is 0 Å². The molecule has 2 heterocycles. The van der Waals surface area contributed by atoms with Crippen LogP contribution in [0.4, 0.5) is 5.95 Å². The van der Waals surface area contributed by atoms with Gasteiger partial charge in [-0.25, -0.2) is 4.99 Å². The van der Waals surface area contributed by atoms with Crippen molar-refractivity contribution in [2.24, 2.45) is 4.99 Å². The zero-order chi connectivity index (χ0) is 20.7. The minimum absolute atomic E-state index is 0.149. The van der Waals surface area contributed by atoms with Crippen molar-refractivity contribution in [2.75, 3.05) is 0 Å². The summed E-state index contributed by atoms with van der Waals surface area (Å²) >= 11 is 12.1. The number of aliphatic imine (C=N–C) groups is 1. The normalized spacial score (nSPS) is 15.6. The fourth-order valence-corrected chi connectivity index (χ4v) is 3.80. The highest BCUT2D eigenvalue weighted by Gasteiger charge is 2.36. The van der Waals surface area contributed by atoms with E-state index in [-0.39, 0.29) is 5.78 Å². The summed E-state index contributed by atoms with van der Waals surface area (Å²) in [5.41, 5.74) is 2.64. The number of fused-ring (bicyclic) bond motifs is 1. The molecule has 1 unspecified atom stereocenters. The highest BCUT2D eigenvalue weighted by molar-refractivity contribution is 6.48. The molecular weight excluding hydrogens is 419 g/mol. The summed E-state index contributed by atoms with van der Waals surface area (Å²) in [6.45, 7) is 0. The van der Waals surface area contributed by atoms with Gasteiger partial charge in [-0.3, -0.25) is 9.36 Å². The van der Waals surface area contributed by atoms with Crippen molar-refractivity contribution in [1.82, 2.24) is 14.8 Å². The molecule has 4 aromatic rings. The van der Waals surface area contributed by atoms with Gasteiger partial charge in [0.2, 0.25) is 5.78 Å². The van der Waals surface area contributed by atoms with Crippen LogP contribution in [0.3, 0.4) is 0 Å². The Hall–Kier alpha value is -3.28. The third kappa shape index (κ3) is 3.22. The number of rotatable bonds is 3. The van der Waals surface area contributed by atoms with Crippen LogP contribution in [-0.4, -0.2) is 26.3 Å². The van der Waals surface area contributed by atoms with Crippen LogP contribution in [0.15, 0.2) is 83.9 Å². The molecule has 146 valence electrons. The van der Waals surface area contributed by atoms with Gasteiger partial charge in [-0.1, -0.05) is 77.8 Å². The maximum Gasteiger partial charge on any atom is 0.252 e. The summed E-state index contributed by atoms with van der Waals surface area (Å²) in [5, 5.41) is 9.81. The fourth-order valence-electron chi connectivity index (χ4n) is 3.54. The molecule has 0 saturated carbocycles. The fraction of sp³-hybridized carbons (Fsp3) is 0.0435. The van der Waals surface area contributed by atoms with Gasteiger partial charge in [-0.2, -0.15) is 0 Å². The summed E-state index contributed by atoms with van der Waals surface area (Å²) in [5.74, 6) is 0.806. The molecule has 0 bridgehead atoms. The molecule has 0 fully saturated rings. The van der Waals surface area contributed by atoms with Crippen molar-refractivity contribution >= 4 is 40.6 Å². The number of aromatic nitrogens is 3. The number of ketones is 1. The van der Waals surface area contributed by atoms with Crippen LogP contribution in [0.2, 0.25) is 10.0 Å².